The van der Waals surface area contributed by atoms with Crippen molar-refractivity contribution in [1.29, 1.82) is 0 Å². The molecule has 1 unspecified atom stereocenters. The van der Waals surface area contributed by atoms with Gasteiger partial charge in [-0.3, -0.25) is 4.79 Å². The lowest BCUT2D eigenvalue weighted by molar-refractivity contribution is -0.122. The Labute approximate surface area is 97.9 Å². The third-order valence-corrected chi connectivity index (χ3v) is 3.27. The van der Waals surface area contributed by atoms with Crippen LogP contribution in [0, 0.1) is 5.92 Å². The lowest BCUT2D eigenvalue weighted by Gasteiger charge is -2.16. The van der Waals surface area contributed by atoms with E-state index in [0.29, 0.717) is 19.6 Å². The van der Waals surface area contributed by atoms with Gasteiger partial charge in [0, 0.05) is 20.1 Å². The zero-order chi connectivity index (χ0) is 11.8. The van der Waals surface area contributed by atoms with Gasteiger partial charge in [-0.15, -0.1) is 0 Å². The number of carbonyl (C=O) groups is 1. The van der Waals surface area contributed by atoms with Gasteiger partial charge in [0.25, 0.3) is 0 Å². The average Bonchev–Trinajstić information content (AvgIpc) is 2.78. The third-order valence-electron chi connectivity index (χ3n) is 3.27. The quantitative estimate of drug-likeness (QED) is 0.684. The van der Waals surface area contributed by atoms with Gasteiger partial charge in [-0.25, -0.2) is 0 Å². The van der Waals surface area contributed by atoms with Crippen LogP contribution in [0.5, 0.6) is 0 Å². The number of rotatable bonds is 7. The van der Waals surface area contributed by atoms with Gasteiger partial charge in [-0.05, 0) is 12.3 Å². The van der Waals surface area contributed by atoms with Crippen molar-refractivity contribution in [2.45, 2.75) is 44.6 Å². The number of ether oxygens (including phenoxy) is 1. The molecule has 0 aromatic heterocycles. The molecule has 94 valence electrons. The largest absolute Gasteiger partial charge is 0.383 e. The third kappa shape index (κ3) is 4.94. The van der Waals surface area contributed by atoms with Crippen molar-refractivity contribution in [3.8, 4) is 0 Å². The highest BCUT2D eigenvalue weighted by Gasteiger charge is 2.17. The van der Waals surface area contributed by atoms with Crippen molar-refractivity contribution >= 4 is 5.91 Å². The molecule has 0 heterocycles. The summed E-state index contributed by atoms with van der Waals surface area (Å²) in [4.78, 5) is 11.6. The van der Waals surface area contributed by atoms with E-state index in [4.69, 9.17) is 10.5 Å². The molecule has 1 rings (SSSR count). The summed E-state index contributed by atoms with van der Waals surface area (Å²) in [5, 5.41) is 2.90. The second-order valence-electron chi connectivity index (χ2n) is 4.64. The van der Waals surface area contributed by atoms with Crippen LogP contribution in [0.3, 0.4) is 0 Å². The fraction of sp³-hybridized carbons (Fsp3) is 0.917. The van der Waals surface area contributed by atoms with E-state index in [1.165, 1.54) is 25.7 Å². The van der Waals surface area contributed by atoms with E-state index in [-0.39, 0.29) is 11.9 Å². The van der Waals surface area contributed by atoms with Crippen LogP contribution >= 0.6 is 0 Å². The van der Waals surface area contributed by atoms with Crippen molar-refractivity contribution in [2.75, 3.05) is 20.3 Å². The summed E-state index contributed by atoms with van der Waals surface area (Å²) in [5.41, 5.74) is 5.53. The van der Waals surface area contributed by atoms with Crippen LogP contribution in [-0.4, -0.2) is 32.2 Å². The Morgan fingerprint density at radius 3 is 2.75 bits per heavy atom. The Morgan fingerprint density at radius 2 is 2.19 bits per heavy atom. The van der Waals surface area contributed by atoms with Crippen molar-refractivity contribution in [2.24, 2.45) is 11.7 Å². The second-order valence-corrected chi connectivity index (χ2v) is 4.64. The molecular weight excluding hydrogens is 204 g/mol. The smallest absolute Gasteiger partial charge is 0.220 e. The van der Waals surface area contributed by atoms with Crippen LogP contribution in [0.25, 0.3) is 0 Å². The first-order chi connectivity index (χ1) is 7.76. The number of carbonyl (C=O) groups excluding carboxylic acids is 1. The number of nitrogens with two attached hydrogens (primary N) is 1. The molecule has 4 heteroatoms. The van der Waals surface area contributed by atoms with Crippen molar-refractivity contribution < 1.29 is 9.53 Å². The van der Waals surface area contributed by atoms with E-state index in [2.05, 4.69) is 5.32 Å². The summed E-state index contributed by atoms with van der Waals surface area (Å²) in [6.07, 6.45) is 6.92. The molecule has 0 spiro atoms. The normalized spacial score (nSPS) is 18.6. The van der Waals surface area contributed by atoms with Crippen LogP contribution in [-0.2, 0) is 9.53 Å². The van der Waals surface area contributed by atoms with Crippen molar-refractivity contribution in [1.82, 2.24) is 5.32 Å². The maximum Gasteiger partial charge on any atom is 0.220 e. The molecule has 0 aromatic carbocycles. The lowest BCUT2D eigenvalue weighted by atomic mass is 10.0. The molecule has 1 aliphatic rings. The topological polar surface area (TPSA) is 64.3 Å². The summed E-state index contributed by atoms with van der Waals surface area (Å²) in [6.45, 7) is 0.925. The van der Waals surface area contributed by atoms with Crippen LogP contribution in [0.4, 0.5) is 0 Å². The van der Waals surface area contributed by atoms with Gasteiger partial charge in [0.05, 0.1) is 12.6 Å². The molecule has 4 nitrogen and oxygen atoms in total. The molecule has 1 saturated carbocycles. The first kappa shape index (κ1) is 13.5. The Kier molecular flexibility index (Phi) is 6.42. The molecule has 1 aliphatic carbocycles. The Balaban J connectivity index is 2.13. The minimum Gasteiger partial charge on any atom is -0.383 e. The van der Waals surface area contributed by atoms with Crippen molar-refractivity contribution in [3.05, 3.63) is 0 Å². The Hall–Kier alpha value is -0.610. The van der Waals surface area contributed by atoms with Gasteiger partial charge < -0.3 is 15.8 Å². The predicted molar refractivity (Wildman–Crippen MR) is 64.1 cm³/mol. The van der Waals surface area contributed by atoms with Crippen LogP contribution in [0.2, 0.25) is 0 Å². The van der Waals surface area contributed by atoms with E-state index in [1.54, 1.807) is 7.11 Å². The average molecular weight is 228 g/mol. The Morgan fingerprint density at radius 1 is 1.50 bits per heavy atom. The lowest BCUT2D eigenvalue weighted by Crippen LogP contribution is -2.43. The molecule has 0 bridgehead atoms. The minimum atomic E-state index is -0.0407. The summed E-state index contributed by atoms with van der Waals surface area (Å²) in [6, 6.07) is -0.0407. The number of methoxy groups -OCH3 is 1. The van der Waals surface area contributed by atoms with Crippen molar-refractivity contribution in [3.63, 3.8) is 0 Å². The van der Waals surface area contributed by atoms with Crippen LogP contribution in [0.15, 0.2) is 0 Å². The van der Waals surface area contributed by atoms with Gasteiger partial charge in [0.2, 0.25) is 5.91 Å². The maximum atomic E-state index is 11.6. The van der Waals surface area contributed by atoms with Gasteiger partial charge in [0.1, 0.15) is 0 Å². The monoisotopic (exact) mass is 228 g/mol. The summed E-state index contributed by atoms with van der Waals surface area (Å²) in [7, 11) is 1.62. The zero-order valence-corrected chi connectivity index (χ0v) is 10.2. The highest BCUT2D eigenvalue weighted by atomic mass is 16.5. The molecule has 1 atom stereocenters. The van der Waals surface area contributed by atoms with E-state index in [0.717, 1.165) is 12.3 Å². The molecule has 0 radical (unpaired) electrons. The zero-order valence-electron chi connectivity index (χ0n) is 10.2. The van der Waals surface area contributed by atoms with E-state index < -0.39 is 0 Å². The van der Waals surface area contributed by atoms with Gasteiger partial charge in [0.15, 0.2) is 0 Å². The van der Waals surface area contributed by atoms with Crippen LogP contribution < -0.4 is 11.1 Å². The second kappa shape index (κ2) is 7.63. The minimum absolute atomic E-state index is 0.0407. The summed E-state index contributed by atoms with van der Waals surface area (Å²) >= 11 is 0. The molecule has 0 aromatic rings. The fourth-order valence-electron chi connectivity index (χ4n) is 2.30. The number of amides is 1. The maximum absolute atomic E-state index is 11.6. The molecule has 1 fully saturated rings. The van der Waals surface area contributed by atoms with E-state index >= 15 is 0 Å². The highest BCUT2D eigenvalue weighted by Crippen LogP contribution is 2.28. The standard InChI is InChI=1S/C12H24N2O2/c1-16-9-11(8-13)14-12(15)7-6-10-4-2-3-5-10/h10-11H,2-9,13H2,1H3,(H,14,15). The number of hydrogen-bond acceptors (Lipinski definition) is 3. The van der Waals surface area contributed by atoms with E-state index in [1.807, 2.05) is 0 Å². The first-order valence-corrected chi connectivity index (χ1v) is 6.24. The molecular formula is C12H24N2O2. The molecule has 0 saturated heterocycles. The molecule has 0 aliphatic heterocycles. The van der Waals surface area contributed by atoms with Gasteiger partial charge >= 0.3 is 0 Å². The molecule has 3 N–H and O–H groups in total. The number of nitrogens with one attached hydrogen (secondary N) is 1. The van der Waals surface area contributed by atoms with Gasteiger partial charge in [-0.2, -0.15) is 0 Å². The predicted octanol–water partition coefficient (Wildman–Crippen LogP) is 1.05. The molecule has 1 amide bonds. The van der Waals surface area contributed by atoms with Crippen LogP contribution in [0.1, 0.15) is 38.5 Å². The first-order valence-electron chi connectivity index (χ1n) is 6.24. The number of hydrogen-bond donors (Lipinski definition) is 2. The highest BCUT2D eigenvalue weighted by molar-refractivity contribution is 5.76. The summed E-state index contributed by atoms with van der Waals surface area (Å²) < 4.78 is 4.98. The fourth-order valence-corrected chi connectivity index (χ4v) is 2.30. The van der Waals surface area contributed by atoms with Gasteiger partial charge in [-0.1, -0.05) is 25.7 Å². The van der Waals surface area contributed by atoms with E-state index in [9.17, 15) is 4.79 Å². The SMILES string of the molecule is COCC(CN)NC(=O)CCC1CCCC1. The molecule has 16 heavy (non-hydrogen) atoms. The summed E-state index contributed by atoms with van der Waals surface area (Å²) in [5.74, 6) is 0.879. The Bertz CT molecular complexity index is 203.